The first-order valence-electron chi connectivity index (χ1n) is 8.02. The fraction of sp³-hybridized carbons (Fsp3) is 0.412. The summed E-state index contributed by atoms with van der Waals surface area (Å²) in [7, 11) is -3.14. The minimum absolute atomic E-state index is 0.0127. The SMILES string of the molecule is Cc1ccc2c(CC(=O)NNC(=O)[C@@H]3CCS(=O)(=O)C3)coc2c1C. The zero-order chi connectivity index (χ0) is 18.2. The quantitative estimate of drug-likeness (QED) is 0.796. The number of benzene rings is 1. The van der Waals surface area contributed by atoms with Gasteiger partial charge in [0.1, 0.15) is 5.58 Å². The van der Waals surface area contributed by atoms with Crippen molar-refractivity contribution < 1.29 is 22.4 Å². The van der Waals surface area contributed by atoms with Crippen LogP contribution in [0.15, 0.2) is 22.8 Å². The Balaban J connectivity index is 1.60. The third-order valence-electron chi connectivity index (χ3n) is 4.62. The average molecular weight is 364 g/mol. The Morgan fingerprint density at radius 1 is 1.24 bits per heavy atom. The number of amides is 2. The molecule has 2 N–H and O–H groups in total. The van der Waals surface area contributed by atoms with Crippen molar-refractivity contribution in [1.82, 2.24) is 10.9 Å². The summed E-state index contributed by atoms with van der Waals surface area (Å²) in [6, 6.07) is 3.88. The molecule has 1 aliphatic heterocycles. The Morgan fingerprint density at radius 3 is 2.68 bits per heavy atom. The molecular weight excluding hydrogens is 344 g/mol. The van der Waals surface area contributed by atoms with E-state index in [0.717, 1.165) is 27.7 Å². The molecule has 1 atom stereocenters. The van der Waals surface area contributed by atoms with Crippen molar-refractivity contribution in [1.29, 1.82) is 0 Å². The van der Waals surface area contributed by atoms with Gasteiger partial charge in [0.05, 0.1) is 30.1 Å². The van der Waals surface area contributed by atoms with Crippen LogP contribution in [0.2, 0.25) is 0 Å². The molecule has 0 bridgehead atoms. The highest BCUT2D eigenvalue weighted by atomic mass is 32.2. The van der Waals surface area contributed by atoms with Gasteiger partial charge in [0, 0.05) is 10.9 Å². The van der Waals surface area contributed by atoms with Gasteiger partial charge in [-0.05, 0) is 31.4 Å². The van der Waals surface area contributed by atoms with Crippen molar-refractivity contribution in [2.75, 3.05) is 11.5 Å². The molecular formula is C17H20N2O5S. The van der Waals surface area contributed by atoms with E-state index in [4.69, 9.17) is 4.42 Å². The average Bonchev–Trinajstić information content (AvgIpc) is 3.12. The second kappa shape index (κ2) is 6.51. The fourth-order valence-corrected chi connectivity index (χ4v) is 4.72. The Kier molecular flexibility index (Phi) is 4.55. The molecule has 2 heterocycles. The first kappa shape index (κ1) is 17.5. The summed E-state index contributed by atoms with van der Waals surface area (Å²) < 4.78 is 28.3. The van der Waals surface area contributed by atoms with Crippen LogP contribution in [0.1, 0.15) is 23.1 Å². The maximum Gasteiger partial charge on any atom is 0.242 e. The van der Waals surface area contributed by atoms with E-state index in [1.54, 1.807) is 6.26 Å². The first-order valence-corrected chi connectivity index (χ1v) is 9.84. The van der Waals surface area contributed by atoms with Gasteiger partial charge in [0.25, 0.3) is 0 Å². The molecule has 2 amide bonds. The van der Waals surface area contributed by atoms with Crippen LogP contribution in [-0.2, 0) is 25.8 Å². The number of fused-ring (bicyclic) bond motifs is 1. The number of furan rings is 1. The van der Waals surface area contributed by atoms with Crippen molar-refractivity contribution in [2.45, 2.75) is 26.7 Å². The van der Waals surface area contributed by atoms with Crippen LogP contribution < -0.4 is 10.9 Å². The van der Waals surface area contributed by atoms with Crippen LogP contribution in [0, 0.1) is 19.8 Å². The normalized spacial score (nSPS) is 19.0. The molecule has 1 aromatic heterocycles. The maximum atomic E-state index is 12.1. The zero-order valence-corrected chi connectivity index (χ0v) is 14.9. The van der Waals surface area contributed by atoms with Crippen LogP contribution in [-0.4, -0.2) is 31.7 Å². The highest BCUT2D eigenvalue weighted by Gasteiger charge is 2.33. The number of hydrogen-bond acceptors (Lipinski definition) is 5. The summed E-state index contributed by atoms with van der Waals surface area (Å²) in [5.41, 5.74) is 8.27. The predicted octanol–water partition coefficient (Wildman–Crippen LogP) is 1.17. The summed E-state index contributed by atoms with van der Waals surface area (Å²) in [5.74, 6) is -1.63. The van der Waals surface area contributed by atoms with Crippen molar-refractivity contribution in [3.05, 3.63) is 35.1 Å². The van der Waals surface area contributed by atoms with E-state index in [2.05, 4.69) is 10.9 Å². The largest absolute Gasteiger partial charge is 0.464 e. The number of rotatable bonds is 3. The Labute approximate surface area is 145 Å². The van der Waals surface area contributed by atoms with E-state index in [-0.39, 0.29) is 24.3 Å². The Bertz CT molecular complexity index is 945. The van der Waals surface area contributed by atoms with Gasteiger partial charge < -0.3 is 4.42 Å². The highest BCUT2D eigenvalue weighted by Crippen LogP contribution is 2.26. The van der Waals surface area contributed by atoms with Crippen LogP contribution in [0.3, 0.4) is 0 Å². The molecule has 1 aromatic carbocycles. The molecule has 7 nitrogen and oxygen atoms in total. The molecule has 25 heavy (non-hydrogen) atoms. The number of hydrogen-bond donors (Lipinski definition) is 2. The molecule has 1 saturated heterocycles. The highest BCUT2D eigenvalue weighted by molar-refractivity contribution is 7.91. The first-order chi connectivity index (χ1) is 11.8. The van der Waals surface area contributed by atoms with Crippen molar-refractivity contribution in [3.8, 4) is 0 Å². The molecule has 1 aliphatic rings. The van der Waals surface area contributed by atoms with Gasteiger partial charge in [-0.25, -0.2) is 8.42 Å². The number of hydrazine groups is 1. The molecule has 1 fully saturated rings. The van der Waals surface area contributed by atoms with Gasteiger partial charge in [0.15, 0.2) is 9.84 Å². The fourth-order valence-electron chi connectivity index (χ4n) is 2.98. The zero-order valence-electron chi connectivity index (χ0n) is 14.1. The van der Waals surface area contributed by atoms with Gasteiger partial charge in [-0.1, -0.05) is 12.1 Å². The lowest BCUT2D eigenvalue weighted by Crippen LogP contribution is -2.45. The lowest BCUT2D eigenvalue weighted by Gasteiger charge is -2.10. The molecule has 0 unspecified atom stereocenters. The Hall–Kier alpha value is -2.35. The molecule has 0 radical (unpaired) electrons. The molecule has 0 saturated carbocycles. The molecule has 8 heteroatoms. The number of carbonyl (C=O) groups is 2. The topological polar surface area (TPSA) is 105 Å². The second-order valence-electron chi connectivity index (χ2n) is 6.46. The summed E-state index contributed by atoms with van der Waals surface area (Å²) in [6.07, 6.45) is 1.88. The maximum absolute atomic E-state index is 12.1. The summed E-state index contributed by atoms with van der Waals surface area (Å²) >= 11 is 0. The standard InChI is InChI=1S/C17H20N2O5S/c1-10-3-4-14-13(8-24-16(14)11(10)2)7-15(20)18-19-17(21)12-5-6-25(22,23)9-12/h3-4,8,12H,5-7,9H2,1-2H3,(H,18,20)(H,19,21)/t12-/m1/s1. The number of nitrogens with one attached hydrogen (secondary N) is 2. The van der Waals surface area contributed by atoms with E-state index in [0.29, 0.717) is 0 Å². The number of aryl methyl sites for hydroxylation is 2. The molecule has 134 valence electrons. The van der Waals surface area contributed by atoms with Gasteiger partial charge >= 0.3 is 0 Å². The lowest BCUT2D eigenvalue weighted by atomic mass is 10.0. The van der Waals surface area contributed by atoms with E-state index < -0.39 is 27.6 Å². The molecule has 0 aliphatic carbocycles. The monoisotopic (exact) mass is 364 g/mol. The van der Waals surface area contributed by atoms with Crippen molar-refractivity contribution in [2.24, 2.45) is 5.92 Å². The predicted molar refractivity (Wildman–Crippen MR) is 92.4 cm³/mol. The van der Waals surface area contributed by atoms with Crippen LogP contribution >= 0.6 is 0 Å². The van der Waals surface area contributed by atoms with E-state index >= 15 is 0 Å². The third kappa shape index (κ3) is 3.68. The number of sulfone groups is 1. The van der Waals surface area contributed by atoms with Gasteiger partial charge in [0.2, 0.25) is 11.8 Å². The van der Waals surface area contributed by atoms with E-state index in [1.165, 1.54) is 0 Å². The lowest BCUT2D eigenvalue weighted by molar-refractivity contribution is -0.130. The summed E-state index contributed by atoms with van der Waals surface area (Å²) in [5, 5.41) is 0.867. The molecule has 2 aromatic rings. The summed E-state index contributed by atoms with van der Waals surface area (Å²) in [4.78, 5) is 24.0. The van der Waals surface area contributed by atoms with Crippen LogP contribution in [0.5, 0.6) is 0 Å². The van der Waals surface area contributed by atoms with Crippen LogP contribution in [0.4, 0.5) is 0 Å². The van der Waals surface area contributed by atoms with Gasteiger partial charge in [-0.15, -0.1) is 0 Å². The molecule has 0 spiro atoms. The second-order valence-corrected chi connectivity index (χ2v) is 8.69. The number of carbonyl (C=O) groups excluding carboxylic acids is 2. The minimum Gasteiger partial charge on any atom is -0.464 e. The molecule has 3 rings (SSSR count). The minimum atomic E-state index is -3.14. The Morgan fingerprint density at radius 2 is 2.00 bits per heavy atom. The van der Waals surface area contributed by atoms with Gasteiger partial charge in [-0.2, -0.15) is 0 Å². The van der Waals surface area contributed by atoms with Crippen molar-refractivity contribution >= 4 is 32.6 Å². The third-order valence-corrected chi connectivity index (χ3v) is 6.39. The van der Waals surface area contributed by atoms with Crippen LogP contribution in [0.25, 0.3) is 11.0 Å². The van der Waals surface area contributed by atoms with Gasteiger partial charge in [-0.3, -0.25) is 20.4 Å². The van der Waals surface area contributed by atoms with E-state index in [9.17, 15) is 18.0 Å². The summed E-state index contributed by atoms with van der Waals surface area (Å²) in [6.45, 7) is 3.95. The van der Waals surface area contributed by atoms with Crippen molar-refractivity contribution in [3.63, 3.8) is 0 Å². The smallest absolute Gasteiger partial charge is 0.242 e. The van der Waals surface area contributed by atoms with E-state index in [1.807, 2.05) is 26.0 Å².